The lowest BCUT2D eigenvalue weighted by Crippen LogP contribution is -2.20. The van der Waals surface area contributed by atoms with Crippen molar-refractivity contribution in [2.75, 3.05) is 5.32 Å². The van der Waals surface area contributed by atoms with Gasteiger partial charge < -0.3 is 15.6 Å². The van der Waals surface area contributed by atoms with Crippen LogP contribution in [0.2, 0.25) is 0 Å². The number of primary amides is 1. The quantitative estimate of drug-likeness (QED) is 0.755. The number of fused-ring (bicyclic) bond motifs is 1. The number of aryl methyl sites for hydroxylation is 1. The van der Waals surface area contributed by atoms with Gasteiger partial charge in [0.05, 0.1) is 11.0 Å². The Morgan fingerprint density at radius 3 is 2.50 bits per heavy atom. The molecular formula is C18H18N4O2. The highest BCUT2D eigenvalue weighted by atomic mass is 16.2. The van der Waals surface area contributed by atoms with Crippen LogP contribution in [0.1, 0.15) is 23.1 Å². The lowest BCUT2D eigenvalue weighted by Gasteiger charge is -2.09. The molecule has 0 fully saturated rings. The van der Waals surface area contributed by atoms with Gasteiger partial charge in [-0.15, -0.1) is 0 Å². The third kappa shape index (κ3) is 3.12. The minimum Gasteiger partial charge on any atom is -0.366 e. The van der Waals surface area contributed by atoms with Crippen molar-refractivity contribution in [1.82, 2.24) is 9.55 Å². The van der Waals surface area contributed by atoms with Gasteiger partial charge in [-0.2, -0.15) is 0 Å². The second kappa shape index (κ2) is 6.54. The van der Waals surface area contributed by atoms with Crippen molar-refractivity contribution in [3.63, 3.8) is 0 Å². The summed E-state index contributed by atoms with van der Waals surface area (Å²) in [6.07, 6.45) is 0.745. The van der Waals surface area contributed by atoms with Crippen LogP contribution < -0.4 is 11.1 Å². The van der Waals surface area contributed by atoms with Crippen LogP contribution in [0, 0.1) is 0 Å². The Balaban J connectivity index is 1.78. The van der Waals surface area contributed by atoms with Crippen LogP contribution in [0.5, 0.6) is 0 Å². The van der Waals surface area contributed by atoms with E-state index in [1.54, 1.807) is 24.3 Å². The first-order valence-electron chi connectivity index (χ1n) is 7.72. The van der Waals surface area contributed by atoms with Crippen molar-refractivity contribution in [2.24, 2.45) is 5.73 Å². The summed E-state index contributed by atoms with van der Waals surface area (Å²) in [6.45, 7) is 2.19. The first kappa shape index (κ1) is 15.7. The maximum absolute atomic E-state index is 12.4. The highest BCUT2D eigenvalue weighted by Gasteiger charge is 2.12. The lowest BCUT2D eigenvalue weighted by atomic mass is 10.2. The number of rotatable bonds is 5. The van der Waals surface area contributed by atoms with Gasteiger partial charge >= 0.3 is 0 Å². The van der Waals surface area contributed by atoms with Crippen molar-refractivity contribution in [1.29, 1.82) is 0 Å². The largest absolute Gasteiger partial charge is 0.366 e. The molecular weight excluding hydrogens is 304 g/mol. The summed E-state index contributed by atoms with van der Waals surface area (Å²) >= 11 is 0. The fourth-order valence-corrected chi connectivity index (χ4v) is 2.63. The van der Waals surface area contributed by atoms with Gasteiger partial charge in [-0.3, -0.25) is 9.59 Å². The molecule has 0 spiro atoms. The Labute approximate surface area is 139 Å². The molecule has 1 heterocycles. The molecule has 3 N–H and O–H groups in total. The fraction of sp³-hybridized carbons (Fsp3) is 0.167. The molecule has 0 aliphatic heterocycles. The van der Waals surface area contributed by atoms with Gasteiger partial charge in [0, 0.05) is 17.7 Å². The molecule has 0 saturated carbocycles. The number of anilines is 1. The molecule has 3 aromatic rings. The van der Waals surface area contributed by atoms with E-state index in [1.165, 1.54) is 0 Å². The van der Waals surface area contributed by atoms with Crippen molar-refractivity contribution in [3.8, 4) is 0 Å². The van der Waals surface area contributed by atoms with Crippen LogP contribution in [0.25, 0.3) is 11.0 Å². The molecule has 0 unspecified atom stereocenters. The van der Waals surface area contributed by atoms with Crippen LogP contribution >= 0.6 is 0 Å². The summed E-state index contributed by atoms with van der Waals surface area (Å²) in [6, 6.07) is 14.2. The van der Waals surface area contributed by atoms with Gasteiger partial charge in [0.2, 0.25) is 11.8 Å². The molecule has 24 heavy (non-hydrogen) atoms. The highest BCUT2D eigenvalue weighted by molar-refractivity contribution is 5.95. The van der Waals surface area contributed by atoms with Gasteiger partial charge in [-0.05, 0) is 36.4 Å². The van der Waals surface area contributed by atoms with Crippen molar-refractivity contribution in [2.45, 2.75) is 19.9 Å². The first-order valence-corrected chi connectivity index (χ1v) is 7.72. The van der Waals surface area contributed by atoms with Gasteiger partial charge in [0.25, 0.3) is 0 Å². The Bertz CT molecular complexity index is 897. The molecule has 6 nitrogen and oxygen atoms in total. The number of hydrogen-bond acceptors (Lipinski definition) is 3. The predicted molar refractivity (Wildman–Crippen MR) is 92.7 cm³/mol. The zero-order valence-corrected chi connectivity index (χ0v) is 13.3. The van der Waals surface area contributed by atoms with E-state index in [0.717, 1.165) is 23.3 Å². The summed E-state index contributed by atoms with van der Waals surface area (Å²) in [4.78, 5) is 28.0. The standard InChI is InChI=1S/C18H18N4O2/c1-2-16-21-14-5-3-4-6-15(14)22(16)11-17(23)20-13-9-7-12(8-10-13)18(19)24/h3-10H,2,11H2,1H3,(H2,19,24)(H,20,23). The summed E-state index contributed by atoms with van der Waals surface area (Å²) in [7, 11) is 0. The summed E-state index contributed by atoms with van der Waals surface area (Å²) in [5.74, 6) is 0.223. The molecule has 0 aliphatic rings. The van der Waals surface area contributed by atoms with E-state index in [2.05, 4.69) is 10.3 Å². The Morgan fingerprint density at radius 1 is 1.12 bits per heavy atom. The number of carbonyl (C=O) groups excluding carboxylic acids is 2. The van der Waals surface area contributed by atoms with E-state index in [0.29, 0.717) is 11.3 Å². The van der Waals surface area contributed by atoms with Crippen LogP contribution in [0.3, 0.4) is 0 Å². The third-order valence-corrected chi connectivity index (χ3v) is 3.80. The van der Waals surface area contributed by atoms with Gasteiger partial charge in [0.1, 0.15) is 12.4 Å². The zero-order valence-electron chi connectivity index (χ0n) is 13.3. The highest BCUT2D eigenvalue weighted by Crippen LogP contribution is 2.17. The molecule has 0 bridgehead atoms. The predicted octanol–water partition coefficient (Wildman–Crippen LogP) is 2.34. The van der Waals surface area contributed by atoms with Crippen molar-refractivity contribution < 1.29 is 9.59 Å². The van der Waals surface area contributed by atoms with Gasteiger partial charge in [-0.25, -0.2) is 4.98 Å². The number of nitrogens with zero attached hydrogens (tertiary/aromatic N) is 2. The number of amides is 2. The van der Waals surface area contributed by atoms with E-state index in [1.807, 2.05) is 35.8 Å². The van der Waals surface area contributed by atoms with E-state index >= 15 is 0 Å². The number of benzene rings is 2. The number of nitrogens with two attached hydrogens (primary N) is 1. The maximum Gasteiger partial charge on any atom is 0.248 e. The molecule has 0 radical (unpaired) electrons. The van der Waals surface area contributed by atoms with Crippen LogP contribution in [-0.2, 0) is 17.8 Å². The average Bonchev–Trinajstić information content (AvgIpc) is 2.93. The Kier molecular flexibility index (Phi) is 4.29. The first-order chi connectivity index (χ1) is 11.6. The molecule has 0 aliphatic carbocycles. The molecule has 122 valence electrons. The minimum atomic E-state index is -0.495. The Hall–Kier alpha value is -3.15. The smallest absolute Gasteiger partial charge is 0.248 e. The third-order valence-electron chi connectivity index (χ3n) is 3.80. The topological polar surface area (TPSA) is 90.0 Å². The number of imidazole rings is 1. The molecule has 1 aromatic heterocycles. The number of nitrogens with one attached hydrogen (secondary N) is 1. The lowest BCUT2D eigenvalue weighted by molar-refractivity contribution is -0.116. The molecule has 2 aromatic carbocycles. The molecule has 3 rings (SSSR count). The second-order valence-corrected chi connectivity index (χ2v) is 5.45. The number of aromatic nitrogens is 2. The van der Waals surface area contributed by atoms with Crippen LogP contribution in [-0.4, -0.2) is 21.4 Å². The molecule has 0 saturated heterocycles. The normalized spacial score (nSPS) is 10.7. The monoisotopic (exact) mass is 322 g/mol. The second-order valence-electron chi connectivity index (χ2n) is 5.45. The number of carbonyl (C=O) groups is 2. The Morgan fingerprint density at radius 2 is 1.83 bits per heavy atom. The van der Waals surface area contributed by atoms with E-state index < -0.39 is 5.91 Å². The van der Waals surface area contributed by atoms with Gasteiger partial charge in [0.15, 0.2) is 0 Å². The van der Waals surface area contributed by atoms with Crippen molar-refractivity contribution >= 4 is 28.5 Å². The zero-order chi connectivity index (χ0) is 17.1. The van der Waals surface area contributed by atoms with E-state index in [-0.39, 0.29) is 12.5 Å². The van der Waals surface area contributed by atoms with E-state index in [9.17, 15) is 9.59 Å². The average molecular weight is 322 g/mol. The SMILES string of the molecule is CCc1nc2ccccc2n1CC(=O)Nc1ccc(C(N)=O)cc1. The van der Waals surface area contributed by atoms with Gasteiger partial charge in [-0.1, -0.05) is 19.1 Å². The van der Waals surface area contributed by atoms with E-state index in [4.69, 9.17) is 5.73 Å². The maximum atomic E-state index is 12.4. The molecule has 2 amide bonds. The van der Waals surface area contributed by atoms with Crippen molar-refractivity contribution in [3.05, 3.63) is 59.9 Å². The summed E-state index contributed by atoms with van der Waals surface area (Å²) in [5, 5.41) is 2.82. The minimum absolute atomic E-state index is 0.153. The molecule has 6 heteroatoms. The summed E-state index contributed by atoms with van der Waals surface area (Å²) < 4.78 is 1.92. The molecule has 0 atom stereocenters. The van der Waals surface area contributed by atoms with Crippen LogP contribution in [0.4, 0.5) is 5.69 Å². The summed E-state index contributed by atoms with van der Waals surface area (Å²) in [5.41, 5.74) is 8.05. The van der Waals surface area contributed by atoms with Crippen LogP contribution in [0.15, 0.2) is 48.5 Å². The number of hydrogen-bond donors (Lipinski definition) is 2. The number of para-hydroxylation sites is 2. The fourth-order valence-electron chi connectivity index (χ4n) is 2.63.